The highest BCUT2D eigenvalue weighted by Crippen LogP contribution is 2.32. The summed E-state index contributed by atoms with van der Waals surface area (Å²) < 4.78 is 16.0. The summed E-state index contributed by atoms with van der Waals surface area (Å²) in [5.74, 6) is 0.716. The Morgan fingerprint density at radius 2 is 2.13 bits per heavy atom. The van der Waals surface area contributed by atoms with Crippen molar-refractivity contribution >= 4 is 23.8 Å². The Morgan fingerprint density at radius 1 is 1.30 bits per heavy atom. The van der Waals surface area contributed by atoms with Crippen molar-refractivity contribution in [1.29, 1.82) is 0 Å². The summed E-state index contributed by atoms with van der Waals surface area (Å²) in [4.78, 5) is 2.51. The van der Waals surface area contributed by atoms with Gasteiger partial charge < -0.3 is 5.32 Å². The minimum atomic E-state index is -0.182. The second kappa shape index (κ2) is 6.49. The minimum Gasteiger partial charge on any atom is -0.351 e. The van der Waals surface area contributed by atoms with Crippen LogP contribution in [0.3, 0.4) is 0 Å². The molecule has 1 N–H and O–H groups in total. The standard InChI is InChI=1S/C17H21FN4.ClH/c1-21-11-15(8-19-21)20-17-7-14-10-22(9-12-2-3-12)5-4-13(14)6-16(17)18;/h6-8,11-12,20H,2-5,9-10H2,1H3;1H. The molecule has 0 spiro atoms. The lowest BCUT2D eigenvalue weighted by atomic mass is 9.98. The van der Waals surface area contributed by atoms with E-state index in [0.717, 1.165) is 36.7 Å². The lowest BCUT2D eigenvalue weighted by molar-refractivity contribution is 0.243. The molecule has 124 valence electrons. The number of hydrogen-bond acceptors (Lipinski definition) is 3. The van der Waals surface area contributed by atoms with Gasteiger partial charge in [0.05, 0.1) is 17.6 Å². The molecule has 2 heterocycles. The maximum absolute atomic E-state index is 14.3. The van der Waals surface area contributed by atoms with Crippen LogP contribution in [0.4, 0.5) is 15.8 Å². The lowest BCUT2D eigenvalue weighted by Gasteiger charge is -2.29. The smallest absolute Gasteiger partial charge is 0.146 e. The van der Waals surface area contributed by atoms with Crippen molar-refractivity contribution in [2.24, 2.45) is 13.0 Å². The van der Waals surface area contributed by atoms with E-state index in [1.165, 1.54) is 24.9 Å². The molecule has 0 bridgehead atoms. The quantitative estimate of drug-likeness (QED) is 0.927. The molecule has 0 atom stereocenters. The molecule has 1 aromatic heterocycles. The molecule has 2 aromatic rings. The van der Waals surface area contributed by atoms with Gasteiger partial charge >= 0.3 is 0 Å². The fourth-order valence-corrected chi connectivity index (χ4v) is 3.20. The highest BCUT2D eigenvalue weighted by Gasteiger charge is 2.26. The number of hydrogen-bond donors (Lipinski definition) is 1. The zero-order valence-electron chi connectivity index (χ0n) is 13.3. The molecule has 1 aliphatic heterocycles. The van der Waals surface area contributed by atoms with Crippen LogP contribution in [0.2, 0.25) is 0 Å². The maximum atomic E-state index is 14.3. The van der Waals surface area contributed by atoms with Gasteiger partial charge in [-0.2, -0.15) is 5.10 Å². The molecule has 0 radical (unpaired) electrons. The van der Waals surface area contributed by atoms with E-state index in [9.17, 15) is 4.39 Å². The first kappa shape index (κ1) is 16.3. The first-order valence-corrected chi connectivity index (χ1v) is 7.97. The molecule has 4 nitrogen and oxygen atoms in total. The highest BCUT2D eigenvalue weighted by atomic mass is 35.5. The topological polar surface area (TPSA) is 33.1 Å². The van der Waals surface area contributed by atoms with Crippen LogP contribution in [-0.4, -0.2) is 27.8 Å². The average molecular weight is 337 g/mol. The van der Waals surface area contributed by atoms with Crippen molar-refractivity contribution in [3.05, 3.63) is 41.5 Å². The van der Waals surface area contributed by atoms with E-state index in [4.69, 9.17) is 0 Å². The zero-order valence-corrected chi connectivity index (χ0v) is 14.1. The summed E-state index contributed by atoms with van der Waals surface area (Å²) in [6.45, 7) is 3.19. The van der Waals surface area contributed by atoms with E-state index in [2.05, 4.69) is 15.3 Å². The van der Waals surface area contributed by atoms with Crippen molar-refractivity contribution in [3.63, 3.8) is 0 Å². The Bertz CT molecular complexity index is 696. The molecule has 1 fully saturated rings. The first-order valence-electron chi connectivity index (χ1n) is 7.97. The molecular weight excluding hydrogens is 315 g/mol. The molecule has 4 rings (SSSR count). The second-order valence-corrected chi connectivity index (χ2v) is 6.56. The number of aryl methyl sites for hydroxylation is 1. The van der Waals surface area contributed by atoms with E-state index in [0.29, 0.717) is 5.69 Å². The van der Waals surface area contributed by atoms with Crippen molar-refractivity contribution in [2.75, 3.05) is 18.4 Å². The van der Waals surface area contributed by atoms with Gasteiger partial charge in [0.1, 0.15) is 5.82 Å². The van der Waals surface area contributed by atoms with Gasteiger partial charge in [-0.3, -0.25) is 9.58 Å². The number of nitrogens with one attached hydrogen (secondary N) is 1. The van der Waals surface area contributed by atoms with Gasteiger partial charge in [-0.05, 0) is 48.4 Å². The zero-order chi connectivity index (χ0) is 15.1. The van der Waals surface area contributed by atoms with E-state index < -0.39 is 0 Å². The summed E-state index contributed by atoms with van der Waals surface area (Å²) in [5.41, 5.74) is 3.76. The first-order chi connectivity index (χ1) is 10.7. The molecule has 0 unspecified atom stereocenters. The lowest BCUT2D eigenvalue weighted by Crippen LogP contribution is -2.32. The van der Waals surface area contributed by atoms with E-state index in [-0.39, 0.29) is 18.2 Å². The van der Waals surface area contributed by atoms with Gasteiger partial charge in [-0.25, -0.2) is 4.39 Å². The van der Waals surface area contributed by atoms with Gasteiger partial charge in [0.25, 0.3) is 0 Å². The Hall–Kier alpha value is -1.59. The molecule has 23 heavy (non-hydrogen) atoms. The van der Waals surface area contributed by atoms with Gasteiger partial charge in [-0.15, -0.1) is 12.4 Å². The SMILES string of the molecule is Cl.Cn1cc(Nc2cc3c(cc2F)CCN(CC2CC2)C3)cn1. The minimum absolute atomic E-state index is 0. The molecule has 1 saturated carbocycles. The predicted molar refractivity (Wildman–Crippen MR) is 91.8 cm³/mol. The van der Waals surface area contributed by atoms with Crippen LogP contribution in [0.5, 0.6) is 0 Å². The number of fused-ring (bicyclic) bond motifs is 1. The monoisotopic (exact) mass is 336 g/mol. The Kier molecular flexibility index (Phi) is 4.60. The predicted octanol–water partition coefficient (Wildman–Crippen LogP) is 3.49. The Morgan fingerprint density at radius 3 is 2.83 bits per heavy atom. The van der Waals surface area contributed by atoms with Crippen LogP contribution in [-0.2, 0) is 20.0 Å². The summed E-state index contributed by atoms with van der Waals surface area (Å²) in [6, 6.07) is 3.67. The number of halogens is 2. The number of benzene rings is 1. The van der Waals surface area contributed by atoms with Crippen molar-refractivity contribution in [2.45, 2.75) is 25.8 Å². The van der Waals surface area contributed by atoms with E-state index in [1.54, 1.807) is 16.9 Å². The summed E-state index contributed by atoms with van der Waals surface area (Å²) in [7, 11) is 1.85. The molecule has 0 amide bonds. The number of aromatic nitrogens is 2. The summed E-state index contributed by atoms with van der Waals surface area (Å²) in [6.07, 6.45) is 7.25. The van der Waals surface area contributed by atoms with Crippen molar-refractivity contribution in [3.8, 4) is 0 Å². The molecule has 1 aromatic carbocycles. The number of nitrogens with zero attached hydrogens (tertiary/aromatic N) is 3. The van der Waals surface area contributed by atoms with Crippen LogP contribution in [0, 0.1) is 11.7 Å². The molecule has 1 aliphatic carbocycles. The third-order valence-electron chi connectivity index (χ3n) is 4.58. The van der Waals surface area contributed by atoms with E-state index in [1.807, 2.05) is 19.3 Å². The normalized spacial score (nSPS) is 17.5. The average Bonchev–Trinajstić information content (AvgIpc) is 3.21. The van der Waals surface area contributed by atoms with Gasteiger partial charge in [0, 0.05) is 32.9 Å². The van der Waals surface area contributed by atoms with Gasteiger partial charge in [0.2, 0.25) is 0 Å². The Labute approximate surface area is 142 Å². The summed E-state index contributed by atoms with van der Waals surface area (Å²) >= 11 is 0. The largest absolute Gasteiger partial charge is 0.351 e. The molecule has 6 heteroatoms. The number of anilines is 2. The molecule has 0 saturated heterocycles. The third kappa shape index (κ3) is 3.67. The maximum Gasteiger partial charge on any atom is 0.146 e. The molecular formula is C17H22ClFN4. The van der Waals surface area contributed by atoms with Crippen LogP contribution in [0.15, 0.2) is 24.5 Å². The fourth-order valence-electron chi connectivity index (χ4n) is 3.20. The van der Waals surface area contributed by atoms with Crippen LogP contribution >= 0.6 is 12.4 Å². The second-order valence-electron chi connectivity index (χ2n) is 6.56. The third-order valence-corrected chi connectivity index (χ3v) is 4.58. The fraction of sp³-hybridized carbons (Fsp3) is 0.471. The van der Waals surface area contributed by atoms with Crippen molar-refractivity contribution in [1.82, 2.24) is 14.7 Å². The highest BCUT2D eigenvalue weighted by molar-refractivity contribution is 5.85. The number of rotatable bonds is 4. The van der Waals surface area contributed by atoms with E-state index >= 15 is 0 Å². The molecule has 2 aliphatic rings. The van der Waals surface area contributed by atoms with Crippen LogP contribution < -0.4 is 5.32 Å². The van der Waals surface area contributed by atoms with Crippen molar-refractivity contribution < 1.29 is 4.39 Å². The van der Waals surface area contributed by atoms with Crippen LogP contribution in [0.25, 0.3) is 0 Å². The van der Waals surface area contributed by atoms with Crippen LogP contribution in [0.1, 0.15) is 24.0 Å². The van der Waals surface area contributed by atoms with Gasteiger partial charge in [-0.1, -0.05) is 0 Å². The Balaban J connectivity index is 0.00000156. The van der Waals surface area contributed by atoms with Gasteiger partial charge in [0.15, 0.2) is 0 Å². The summed E-state index contributed by atoms with van der Waals surface area (Å²) in [5, 5.41) is 7.24.